The van der Waals surface area contributed by atoms with Gasteiger partial charge < -0.3 is 10.3 Å². The van der Waals surface area contributed by atoms with Gasteiger partial charge in [0.2, 0.25) is 0 Å². The number of carbonyl (C=O) groups is 1. The summed E-state index contributed by atoms with van der Waals surface area (Å²) >= 11 is 4.94. The van der Waals surface area contributed by atoms with E-state index in [-0.39, 0.29) is 11.9 Å². The lowest BCUT2D eigenvalue weighted by atomic mass is 10.1. The van der Waals surface area contributed by atoms with Gasteiger partial charge in [0.15, 0.2) is 0 Å². The maximum Gasteiger partial charge on any atom is 0.253 e. The Morgan fingerprint density at radius 3 is 2.74 bits per heavy atom. The molecule has 0 saturated heterocycles. The minimum atomic E-state index is -0.215. The number of hydrogen-bond donors (Lipinski definition) is 2. The molecule has 1 unspecified atom stereocenters. The molecule has 0 radical (unpaired) electrons. The number of aryl methyl sites for hydroxylation is 2. The fourth-order valence-corrected chi connectivity index (χ4v) is 6.57. The Kier molecular flexibility index (Phi) is 7.08. The van der Waals surface area contributed by atoms with Gasteiger partial charge in [0.1, 0.15) is 22.0 Å². The van der Waals surface area contributed by atoms with Crippen LogP contribution in [0.15, 0.2) is 64.8 Å². The largest absolute Gasteiger partial charge is 0.342 e. The number of thioether (sulfide) groups is 1. The number of rotatable bonds is 8. The van der Waals surface area contributed by atoms with E-state index >= 15 is 0 Å². The SMILES string of the molecule is CSCCC(NC(=O)c1ccccc1Sc1ncnc2sc(C)c(C)c12)c1nc2ccccc2[nH]1. The van der Waals surface area contributed by atoms with Crippen molar-refractivity contribution < 1.29 is 4.79 Å². The Morgan fingerprint density at radius 1 is 1.11 bits per heavy atom. The summed E-state index contributed by atoms with van der Waals surface area (Å²) in [7, 11) is 0. The van der Waals surface area contributed by atoms with Gasteiger partial charge in [0.05, 0.1) is 22.6 Å². The van der Waals surface area contributed by atoms with Gasteiger partial charge in [-0.1, -0.05) is 36.0 Å². The van der Waals surface area contributed by atoms with Crippen LogP contribution in [0.3, 0.4) is 0 Å². The van der Waals surface area contributed by atoms with E-state index < -0.39 is 0 Å². The molecule has 3 aromatic heterocycles. The zero-order valence-electron chi connectivity index (χ0n) is 19.7. The summed E-state index contributed by atoms with van der Waals surface area (Å²) < 4.78 is 0. The molecule has 2 aromatic carbocycles. The molecule has 0 bridgehead atoms. The summed E-state index contributed by atoms with van der Waals surface area (Å²) in [6, 6.07) is 15.4. The van der Waals surface area contributed by atoms with Crippen LogP contribution in [0.2, 0.25) is 0 Å². The predicted octanol–water partition coefficient (Wildman–Crippen LogP) is 6.56. The Balaban J connectivity index is 1.45. The third kappa shape index (κ3) is 4.94. The number of aromatic amines is 1. The van der Waals surface area contributed by atoms with E-state index in [2.05, 4.69) is 40.4 Å². The second kappa shape index (κ2) is 10.4. The number of nitrogens with zero attached hydrogens (tertiary/aromatic N) is 3. The number of fused-ring (bicyclic) bond motifs is 2. The molecule has 0 aliphatic rings. The van der Waals surface area contributed by atoms with Crippen LogP contribution in [-0.2, 0) is 0 Å². The maximum absolute atomic E-state index is 13.5. The van der Waals surface area contributed by atoms with Gasteiger partial charge >= 0.3 is 0 Å². The first-order valence-corrected chi connectivity index (χ1v) is 14.3. The molecule has 1 atom stereocenters. The molecule has 5 rings (SSSR count). The van der Waals surface area contributed by atoms with Crippen molar-refractivity contribution in [2.24, 2.45) is 0 Å². The highest BCUT2D eigenvalue weighted by Crippen LogP contribution is 2.38. The number of H-pyrrole nitrogens is 1. The van der Waals surface area contributed by atoms with Crippen LogP contribution in [-0.4, -0.2) is 37.9 Å². The Bertz CT molecular complexity index is 1480. The van der Waals surface area contributed by atoms with Crippen molar-refractivity contribution in [2.45, 2.75) is 36.2 Å². The van der Waals surface area contributed by atoms with Gasteiger partial charge in [-0.3, -0.25) is 4.79 Å². The Morgan fingerprint density at radius 2 is 1.91 bits per heavy atom. The van der Waals surface area contributed by atoms with Crippen LogP contribution in [0.25, 0.3) is 21.3 Å². The average Bonchev–Trinajstić information content (AvgIpc) is 3.43. The first-order chi connectivity index (χ1) is 17.0. The summed E-state index contributed by atoms with van der Waals surface area (Å²) in [5, 5.41) is 5.17. The minimum Gasteiger partial charge on any atom is -0.342 e. The number of carbonyl (C=O) groups excluding carboxylic acids is 1. The number of amides is 1. The molecule has 35 heavy (non-hydrogen) atoms. The fraction of sp³-hybridized carbons (Fsp3) is 0.231. The molecule has 2 N–H and O–H groups in total. The highest BCUT2D eigenvalue weighted by Gasteiger charge is 2.22. The van der Waals surface area contributed by atoms with Crippen LogP contribution in [0.5, 0.6) is 0 Å². The molecule has 6 nitrogen and oxygen atoms in total. The molecule has 3 heterocycles. The van der Waals surface area contributed by atoms with Crippen LogP contribution < -0.4 is 5.32 Å². The van der Waals surface area contributed by atoms with Crippen LogP contribution in [0, 0.1) is 13.8 Å². The van der Waals surface area contributed by atoms with E-state index in [0.717, 1.165) is 49.2 Å². The predicted molar refractivity (Wildman–Crippen MR) is 147 cm³/mol. The summed E-state index contributed by atoms with van der Waals surface area (Å²) in [6.07, 6.45) is 4.45. The minimum absolute atomic E-state index is 0.122. The van der Waals surface area contributed by atoms with E-state index in [4.69, 9.17) is 4.98 Å². The molecule has 5 aromatic rings. The van der Waals surface area contributed by atoms with Crippen molar-refractivity contribution in [2.75, 3.05) is 12.0 Å². The molecule has 0 saturated carbocycles. The van der Waals surface area contributed by atoms with Gasteiger partial charge in [-0.2, -0.15) is 11.8 Å². The summed E-state index contributed by atoms with van der Waals surface area (Å²) in [5.41, 5.74) is 3.68. The second-order valence-electron chi connectivity index (χ2n) is 8.19. The Labute approximate surface area is 216 Å². The number of para-hydroxylation sites is 2. The van der Waals surface area contributed by atoms with E-state index in [0.29, 0.717) is 5.56 Å². The lowest BCUT2D eigenvalue weighted by Crippen LogP contribution is -2.30. The van der Waals surface area contributed by atoms with E-state index in [1.807, 2.05) is 48.5 Å². The van der Waals surface area contributed by atoms with Gasteiger partial charge in [-0.25, -0.2) is 15.0 Å². The molecule has 178 valence electrons. The van der Waals surface area contributed by atoms with Gasteiger partial charge in [0.25, 0.3) is 5.91 Å². The van der Waals surface area contributed by atoms with E-state index in [9.17, 15) is 4.79 Å². The van der Waals surface area contributed by atoms with Crippen LogP contribution in [0.1, 0.15) is 39.1 Å². The third-order valence-electron chi connectivity index (χ3n) is 5.92. The van der Waals surface area contributed by atoms with Crippen LogP contribution in [0.4, 0.5) is 0 Å². The highest BCUT2D eigenvalue weighted by atomic mass is 32.2. The summed E-state index contributed by atoms with van der Waals surface area (Å²) in [6.45, 7) is 4.20. The van der Waals surface area contributed by atoms with Crippen molar-refractivity contribution in [3.63, 3.8) is 0 Å². The molecule has 9 heteroatoms. The summed E-state index contributed by atoms with van der Waals surface area (Å²) in [4.78, 5) is 33.8. The zero-order chi connectivity index (χ0) is 24.4. The number of imidazole rings is 1. The smallest absolute Gasteiger partial charge is 0.253 e. The highest BCUT2D eigenvalue weighted by molar-refractivity contribution is 7.99. The summed E-state index contributed by atoms with van der Waals surface area (Å²) in [5.74, 6) is 1.57. The Hall–Kier alpha value is -2.88. The van der Waals surface area contributed by atoms with Crippen LogP contribution >= 0.6 is 34.9 Å². The zero-order valence-corrected chi connectivity index (χ0v) is 22.1. The first kappa shape index (κ1) is 23.8. The fourth-order valence-electron chi connectivity index (χ4n) is 3.96. The van der Waals surface area contributed by atoms with Crippen molar-refractivity contribution >= 4 is 62.0 Å². The van der Waals surface area contributed by atoms with Crippen molar-refractivity contribution in [3.8, 4) is 0 Å². The molecule has 0 fully saturated rings. The van der Waals surface area contributed by atoms with Gasteiger partial charge in [-0.15, -0.1) is 11.3 Å². The molecular weight excluding hydrogens is 495 g/mol. The number of hydrogen-bond acceptors (Lipinski definition) is 7. The third-order valence-corrected chi connectivity index (χ3v) is 8.76. The lowest BCUT2D eigenvalue weighted by molar-refractivity contribution is 0.0931. The van der Waals surface area contributed by atoms with Gasteiger partial charge in [-0.05, 0) is 62.1 Å². The van der Waals surface area contributed by atoms with Crippen molar-refractivity contribution in [1.29, 1.82) is 0 Å². The second-order valence-corrected chi connectivity index (χ2v) is 11.4. The lowest BCUT2D eigenvalue weighted by Gasteiger charge is -2.17. The average molecular weight is 520 g/mol. The monoisotopic (exact) mass is 519 g/mol. The molecule has 0 aliphatic carbocycles. The molecular formula is C26H25N5OS3. The van der Waals surface area contributed by atoms with Crippen molar-refractivity contribution in [3.05, 3.63) is 76.7 Å². The standard InChI is InChI=1S/C26H25N5OS3/c1-15-16(2)34-25-22(15)26(28-14-27-25)35-21-11-7-4-8-17(21)24(32)31-20(12-13-33-3)23-29-18-9-5-6-10-19(18)30-23/h4-11,14,20H,12-13H2,1-3H3,(H,29,30)(H,31,32). The maximum atomic E-state index is 13.5. The van der Waals surface area contributed by atoms with E-state index in [1.54, 1.807) is 29.4 Å². The van der Waals surface area contributed by atoms with Gasteiger partial charge in [0, 0.05) is 15.2 Å². The quantitative estimate of drug-likeness (QED) is 0.226. The number of thiophene rings is 1. The van der Waals surface area contributed by atoms with E-state index in [1.165, 1.54) is 22.2 Å². The number of nitrogens with one attached hydrogen (secondary N) is 2. The topological polar surface area (TPSA) is 83.6 Å². The number of aromatic nitrogens is 4. The van der Waals surface area contributed by atoms with Crippen molar-refractivity contribution in [1.82, 2.24) is 25.3 Å². The normalized spacial score (nSPS) is 12.3. The molecule has 1 amide bonds. The first-order valence-electron chi connectivity index (χ1n) is 11.3. The molecule has 0 aliphatic heterocycles. The molecule has 0 spiro atoms. The number of benzene rings is 2.